The molecular weight excluding hydrogens is 500 g/mol. The van der Waals surface area contributed by atoms with Crippen LogP contribution in [0.15, 0.2) is 46.0 Å². The van der Waals surface area contributed by atoms with Crippen molar-refractivity contribution in [2.75, 3.05) is 26.8 Å². The quantitative estimate of drug-likeness (QED) is 0.191. The zero-order valence-electron chi connectivity index (χ0n) is 17.5. The SMILES string of the molecule is CN=C(NCCCOCc1ccco1)NC(C)c1ccc(OCC2CC2)c(F)c1.I. The molecule has 1 heterocycles. The van der Waals surface area contributed by atoms with E-state index < -0.39 is 0 Å². The number of furan rings is 1. The maximum atomic E-state index is 14.3. The van der Waals surface area contributed by atoms with E-state index in [1.165, 1.54) is 18.9 Å². The molecule has 8 heteroatoms. The van der Waals surface area contributed by atoms with Crippen molar-refractivity contribution in [2.24, 2.45) is 10.9 Å². The number of benzene rings is 1. The van der Waals surface area contributed by atoms with Crippen LogP contribution in [0.5, 0.6) is 5.75 Å². The summed E-state index contributed by atoms with van der Waals surface area (Å²) in [5.74, 6) is 2.08. The Hall–Kier alpha value is -1.81. The van der Waals surface area contributed by atoms with Crippen LogP contribution in [0, 0.1) is 11.7 Å². The number of hydrogen-bond donors (Lipinski definition) is 2. The average Bonchev–Trinajstić information content (AvgIpc) is 3.41. The van der Waals surface area contributed by atoms with E-state index in [1.807, 2.05) is 25.1 Å². The minimum atomic E-state index is -0.326. The molecule has 0 aliphatic heterocycles. The molecule has 1 atom stereocenters. The van der Waals surface area contributed by atoms with Gasteiger partial charge in [-0.2, -0.15) is 0 Å². The molecule has 1 saturated carbocycles. The second kappa shape index (κ2) is 12.8. The highest BCUT2D eigenvalue weighted by atomic mass is 127. The van der Waals surface area contributed by atoms with Gasteiger partial charge >= 0.3 is 0 Å². The molecule has 2 aromatic rings. The van der Waals surface area contributed by atoms with E-state index in [2.05, 4.69) is 15.6 Å². The Balaban J connectivity index is 0.00000320. The molecule has 0 amide bonds. The van der Waals surface area contributed by atoms with E-state index in [-0.39, 0.29) is 35.8 Å². The van der Waals surface area contributed by atoms with Crippen LogP contribution >= 0.6 is 24.0 Å². The molecule has 1 unspecified atom stereocenters. The first-order valence-corrected chi connectivity index (χ1v) is 10.1. The van der Waals surface area contributed by atoms with Crippen molar-refractivity contribution >= 4 is 29.9 Å². The van der Waals surface area contributed by atoms with Crippen molar-refractivity contribution in [3.8, 4) is 5.75 Å². The third kappa shape index (κ3) is 8.14. The van der Waals surface area contributed by atoms with Gasteiger partial charge in [-0.05, 0) is 61.9 Å². The van der Waals surface area contributed by atoms with E-state index in [4.69, 9.17) is 13.9 Å². The highest BCUT2D eigenvalue weighted by Crippen LogP contribution is 2.30. The molecule has 0 radical (unpaired) electrons. The standard InChI is InChI=1S/C22H30FN3O3.HI/c1-16(18-8-9-21(20(23)13-18)29-14-17-6-7-17)26-22(24-2)25-10-4-11-27-15-19-5-3-12-28-19;/h3,5,8-9,12-13,16-17H,4,6-7,10-11,14-15H2,1-2H3,(H2,24,25,26);1H. The Morgan fingerprint density at radius 1 is 1.33 bits per heavy atom. The topological polar surface area (TPSA) is 68.0 Å². The summed E-state index contributed by atoms with van der Waals surface area (Å²) >= 11 is 0. The molecule has 6 nitrogen and oxygen atoms in total. The summed E-state index contributed by atoms with van der Waals surface area (Å²) in [6, 6.07) is 8.76. The third-order valence-corrected chi connectivity index (χ3v) is 4.79. The van der Waals surface area contributed by atoms with E-state index >= 15 is 0 Å². The monoisotopic (exact) mass is 531 g/mol. The molecule has 0 spiro atoms. The fraction of sp³-hybridized carbons (Fsp3) is 0.500. The summed E-state index contributed by atoms with van der Waals surface area (Å²) < 4.78 is 30.6. The van der Waals surface area contributed by atoms with Gasteiger partial charge < -0.3 is 24.5 Å². The van der Waals surface area contributed by atoms with E-state index in [9.17, 15) is 4.39 Å². The van der Waals surface area contributed by atoms with Crippen LogP contribution < -0.4 is 15.4 Å². The molecule has 166 valence electrons. The number of nitrogens with one attached hydrogen (secondary N) is 2. The van der Waals surface area contributed by atoms with Gasteiger partial charge in [-0.25, -0.2) is 4.39 Å². The van der Waals surface area contributed by atoms with Crippen LogP contribution in [0.25, 0.3) is 0 Å². The average molecular weight is 531 g/mol. The van der Waals surface area contributed by atoms with Gasteiger partial charge in [-0.1, -0.05) is 6.07 Å². The lowest BCUT2D eigenvalue weighted by Crippen LogP contribution is -2.39. The minimum Gasteiger partial charge on any atom is -0.490 e. The number of rotatable bonds is 11. The molecule has 1 aliphatic rings. The van der Waals surface area contributed by atoms with Crippen molar-refractivity contribution < 1.29 is 18.3 Å². The van der Waals surface area contributed by atoms with Gasteiger partial charge in [-0.3, -0.25) is 4.99 Å². The number of nitrogens with zero attached hydrogens (tertiary/aromatic N) is 1. The number of guanidine groups is 1. The summed E-state index contributed by atoms with van der Waals surface area (Å²) in [5.41, 5.74) is 0.839. The first kappa shape index (κ1) is 24.5. The van der Waals surface area contributed by atoms with E-state index in [0.717, 1.165) is 17.7 Å². The zero-order valence-corrected chi connectivity index (χ0v) is 19.9. The normalized spacial score (nSPS) is 14.7. The second-order valence-corrected chi connectivity index (χ2v) is 7.29. The van der Waals surface area contributed by atoms with Crippen LogP contribution in [0.4, 0.5) is 4.39 Å². The summed E-state index contributed by atoms with van der Waals surface area (Å²) in [6.07, 6.45) is 4.83. The van der Waals surface area contributed by atoms with Crippen molar-refractivity contribution in [3.05, 3.63) is 53.7 Å². The number of ether oxygens (including phenoxy) is 2. The van der Waals surface area contributed by atoms with Crippen molar-refractivity contribution in [1.29, 1.82) is 0 Å². The molecule has 1 aromatic carbocycles. The predicted octanol–water partition coefficient (Wildman–Crippen LogP) is 4.66. The van der Waals surface area contributed by atoms with Gasteiger partial charge in [0.1, 0.15) is 12.4 Å². The molecule has 1 aliphatic carbocycles. The zero-order chi connectivity index (χ0) is 20.5. The summed E-state index contributed by atoms with van der Waals surface area (Å²) in [7, 11) is 1.71. The van der Waals surface area contributed by atoms with Crippen LogP contribution in [0.2, 0.25) is 0 Å². The lowest BCUT2D eigenvalue weighted by molar-refractivity contribution is 0.105. The number of aliphatic imine (C=N–C) groups is 1. The lowest BCUT2D eigenvalue weighted by atomic mass is 10.1. The summed E-state index contributed by atoms with van der Waals surface area (Å²) in [5, 5.41) is 6.53. The van der Waals surface area contributed by atoms with Gasteiger partial charge in [0.25, 0.3) is 0 Å². The summed E-state index contributed by atoms with van der Waals surface area (Å²) in [6.45, 7) is 4.38. The molecule has 0 saturated heterocycles. The molecule has 2 N–H and O–H groups in total. The van der Waals surface area contributed by atoms with Gasteiger partial charge in [0.2, 0.25) is 0 Å². The Kier molecular flexibility index (Phi) is 10.4. The fourth-order valence-electron chi connectivity index (χ4n) is 2.83. The third-order valence-electron chi connectivity index (χ3n) is 4.79. The van der Waals surface area contributed by atoms with Crippen LogP contribution in [0.1, 0.15) is 43.6 Å². The second-order valence-electron chi connectivity index (χ2n) is 7.29. The van der Waals surface area contributed by atoms with E-state index in [1.54, 1.807) is 19.4 Å². The Morgan fingerprint density at radius 3 is 2.83 bits per heavy atom. The molecule has 30 heavy (non-hydrogen) atoms. The van der Waals surface area contributed by atoms with Crippen LogP contribution in [-0.4, -0.2) is 32.8 Å². The molecule has 0 bridgehead atoms. The Morgan fingerprint density at radius 2 is 2.17 bits per heavy atom. The van der Waals surface area contributed by atoms with Gasteiger partial charge in [0.15, 0.2) is 17.5 Å². The highest BCUT2D eigenvalue weighted by molar-refractivity contribution is 14.0. The first-order valence-electron chi connectivity index (χ1n) is 10.1. The first-order chi connectivity index (χ1) is 14.2. The number of halogens is 2. The van der Waals surface area contributed by atoms with Crippen LogP contribution in [0.3, 0.4) is 0 Å². The van der Waals surface area contributed by atoms with Gasteiger partial charge in [-0.15, -0.1) is 24.0 Å². The van der Waals surface area contributed by atoms with E-state index in [0.29, 0.717) is 44.0 Å². The van der Waals surface area contributed by atoms with Gasteiger partial charge in [0.05, 0.1) is 18.9 Å². The minimum absolute atomic E-state index is 0. The van der Waals surface area contributed by atoms with Crippen LogP contribution in [-0.2, 0) is 11.3 Å². The Bertz CT molecular complexity index is 782. The Labute approximate surface area is 194 Å². The van der Waals surface area contributed by atoms with Crippen molar-refractivity contribution in [1.82, 2.24) is 10.6 Å². The number of hydrogen-bond acceptors (Lipinski definition) is 4. The largest absolute Gasteiger partial charge is 0.490 e. The molecular formula is C22H31FIN3O3. The van der Waals surface area contributed by atoms with Crippen molar-refractivity contribution in [2.45, 2.75) is 38.8 Å². The molecule has 1 aromatic heterocycles. The van der Waals surface area contributed by atoms with Gasteiger partial charge in [0, 0.05) is 20.2 Å². The fourth-order valence-corrected chi connectivity index (χ4v) is 2.83. The molecule has 3 rings (SSSR count). The highest BCUT2D eigenvalue weighted by Gasteiger charge is 2.22. The maximum absolute atomic E-state index is 14.3. The molecule has 1 fully saturated rings. The smallest absolute Gasteiger partial charge is 0.191 e. The maximum Gasteiger partial charge on any atom is 0.191 e. The lowest BCUT2D eigenvalue weighted by Gasteiger charge is -2.19. The van der Waals surface area contributed by atoms with Crippen molar-refractivity contribution in [3.63, 3.8) is 0 Å². The predicted molar refractivity (Wildman–Crippen MR) is 126 cm³/mol. The summed E-state index contributed by atoms with van der Waals surface area (Å²) in [4.78, 5) is 4.23.